The average molecular weight is 778 g/mol. The van der Waals surface area contributed by atoms with E-state index in [2.05, 4.69) is 86.8 Å². The molecule has 310 valence electrons. The second kappa shape index (κ2) is 36.1. The van der Waals surface area contributed by atoms with Crippen LogP contribution >= 0.6 is 7.82 Å². The lowest BCUT2D eigenvalue weighted by molar-refractivity contribution is -0.870. The van der Waals surface area contributed by atoms with Crippen LogP contribution < -0.4 is 4.89 Å². The maximum Gasteiger partial charge on any atom is 0.306 e. The highest BCUT2D eigenvalue weighted by Gasteiger charge is 2.21. The van der Waals surface area contributed by atoms with Crippen LogP contribution in [0.3, 0.4) is 0 Å². The van der Waals surface area contributed by atoms with Crippen LogP contribution in [-0.4, -0.2) is 70.0 Å². The van der Waals surface area contributed by atoms with Gasteiger partial charge >= 0.3 is 11.9 Å². The second-order valence-corrected chi connectivity index (χ2v) is 16.2. The Labute approximate surface area is 329 Å². The summed E-state index contributed by atoms with van der Waals surface area (Å²) in [5, 5.41) is 0. The molecule has 54 heavy (non-hydrogen) atoms. The number of carbonyl (C=O) groups excluding carboxylic acids is 2. The number of carbonyl (C=O) groups is 2. The molecule has 0 N–H and O–H groups in total. The summed E-state index contributed by atoms with van der Waals surface area (Å²) in [6.07, 6.45) is 43.5. The van der Waals surface area contributed by atoms with Crippen LogP contribution in [0.4, 0.5) is 0 Å². The van der Waals surface area contributed by atoms with Crippen molar-refractivity contribution in [3.05, 3.63) is 72.9 Å². The smallest absolute Gasteiger partial charge is 0.306 e. The minimum Gasteiger partial charge on any atom is -0.756 e. The van der Waals surface area contributed by atoms with Crippen molar-refractivity contribution in [3.63, 3.8) is 0 Å². The normalized spacial score (nSPS) is 14.4. The van der Waals surface area contributed by atoms with Gasteiger partial charge in [-0.2, -0.15) is 0 Å². The molecule has 0 aliphatic rings. The largest absolute Gasteiger partial charge is 0.756 e. The van der Waals surface area contributed by atoms with E-state index in [1.54, 1.807) is 0 Å². The van der Waals surface area contributed by atoms with E-state index in [9.17, 15) is 19.0 Å². The molecule has 2 unspecified atom stereocenters. The number of unbranched alkanes of at least 4 members (excludes halogenated alkanes) is 14. The van der Waals surface area contributed by atoms with Crippen molar-refractivity contribution in [2.75, 3.05) is 47.5 Å². The second-order valence-electron chi connectivity index (χ2n) is 14.8. The zero-order valence-electron chi connectivity index (χ0n) is 34.6. The fourth-order valence-corrected chi connectivity index (χ4v) is 5.71. The number of esters is 2. The van der Waals surface area contributed by atoms with Crippen LogP contribution in [0.5, 0.6) is 0 Å². The fourth-order valence-electron chi connectivity index (χ4n) is 4.98. The van der Waals surface area contributed by atoms with E-state index in [1.807, 2.05) is 21.1 Å². The first kappa shape index (κ1) is 51.5. The summed E-state index contributed by atoms with van der Waals surface area (Å²) < 4.78 is 33.8. The van der Waals surface area contributed by atoms with Crippen LogP contribution in [0.15, 0.2) is 72.9 Å². The lowest BCUT2D eigenvalue weighted by Crippen LogP contribution is -2.37. The molecule has 0 aromatic rings. The molecular weight excluding hydrogens is 701 g/mol. The SMILES string of the molecule is CCCC/C=C/C=C/C=C/CCCCCCCC(=O)OCC(COP(=O)([O-])OCC[N+](C)(C)C)OC(=O)CCCCCCC/C=C/C=C/C=C/CCCC. The molecule has 0 fully saturated rings. The number of allylic oxidation sites excluding steroid dienone is 12. The van der Waals surface area contributed by atoms with E-state index in [-0.39, 0.29) is 26.1 Å². The Morgan fingerprint density at radius 1 is 0.574 bits per heavy atom. The van der Waals surface area contributed by atoms with Crippen molar-refractivity contribution in [2.24, 2.45) is 0 Å². The summed E-state index contributed by atoms with van der Waals surface area (Å²) >= 11 is 0. The van der Waals surface area contributed by atoms with Gasteiger partial charge in [0, 0.05) is 12.8 Å². The lowest BCUT2D eigenvalue weighted by Gasteiger charge is -2.28. The Bertz CT molecular complexity index is 1150. The van der Waals surface area contributed by atoms with Gasteiger partial charge in [0.1, 0.15) is 19.8 Å². The topological polar surface area (TPSA) is 111 Å². The van der Waals surface area contributed by atoms with Crippen LogP contribution in [0.25, 0.3) is 0 Å². The summed E-state index contributed by atoms with van der Waals surface area (Å²) in [4.78, 5) is 37.4. The van der Waals surface area contributed by atoms with Gasteiger partial charge in [-0.25, -0.2) is 0 Å². The predicted molar refractivity (Wildman–Crippen MR) is 222 cm³/mol. The highest BCUT2D eigenvalue weighted by molar-refractivity contribution is 7.45. The van der Waals surface area contributed by atoms with Crippen LogP contribution in [-0.2, 0) is 32.7 Å². The maximum atomic E-state index is 12.6. The Hall–Kier alpha value is -2.55. The van der Waals surface area contributed by atoms with Crippen molar-refractivity contribution >= 4 is 19.8 Å². The zero-order valence-corrected chi connectivity index (χ0v) is 35.5. The van der Waals surface area contributed by atoms with Gasteiger partial charge in [-0.05, 0) is 51.4 Å². The molecule has 0 aromatic heterocycles. The zero-order chi connectivity index (χ0) is 40.0. The Morgan fingerprint density at radius 3 is 1.46 bits per heavy atom. The van der Waals surface area contributed by atoms with Gasteiger partial charge in [-0.15, -0.1) is 0 Å². The molecule has 0 aliphatic heterocycles. The number of rotatable bonds is 36. The molecular formula is C44H76NO8P. The third kappa shape index (κ3) is 39.2. The summed E-state index contributed by atoms with van der Waals surface area (Å²) in [5.41, 5.74) is 0. The molecule has 0 heterocycles. The highest BCUT2D eigenvalue weighted by atomic mass is 31.2. The number of hydrogen-bond acceptors (Lipinski definition) is 8. The first-order valence-corrected chi connectivity index (χ1v) is 22.2. The minimum absolute atomic E-state index is 0.0427. The van der Waals surface area contributed by atoms with Gasteiger partial charge in [0.25, 0.3) is 7.82 Å². The summed E-state index contributed by atoms with van der Waals surface area (Å²) in [7, 11) is 1.12. The first-order valence-electron chi connectivity index (χ1n) is 20.7. The Morgan fingerprint density at radius 2 is 1.00 bits per heavy atom. The molecule has 2 atom stereocenters. The van der Waals surface area contributed by atoms with Crippen LogP contribution in [0, 0.1) is 0 Å². The number of likely N-dealkylation sites (N-methyl/N-ethyl adjacent to an activating group) is 1. The molecule has 0 aliphatic carbocycles. The molecule has 0 saturated heterocycles. The quantitative estimate of drug-likeness (QED) is 0.0203. The monoisotopic (exact) mass is 778 g/mol. The van der Waals surface area contributed by atoms with Gasteiger partial charge in [0.2, 0.25) is 0 Å². The van der Waals surface area contributed by atoms with E-state index < -0.39 is 32.5 Å². The Balaban J connectivity index is 4.50. The molecule has 0 saturated carbocycles. The van der Waals surface area contributed by atoms with Crippen molar-refractivity contribution in [1.29, 1.82) is 0 Å². The van der Waals surface area contributed by atoms with E-state index >= 15 is 0 Å². The molecule has 0 bridgehead atoms. The standard InChI is InChI=1S/C44H76NO8P/c1-6-8-10-12-14-16-18-20-22-24-26-28-30-32-34-36-43(46)50-40-42(41-52-54(48,49)51-39-38-45(3,4)5)53-44(47)37-35-33-31-29-27-25-23-21-19-17-15-13-11-9-7-2/h12-23,42H,6-11,24-41H2,1-5H3/b14-12+,15-13+,18-16+,19-17+,22-20+,23-21+. The summed E-state index contributed by atoms with van der Waals surface area (Å²) in [6, 6.07) is 0. The van der Waals surface area contributed by atoms with Crippen molar-refractivity contribution in [3.8, 4) is 0 Å². The van der Waals surface area contributed by atoms with E-state index in [0.29, 0.717) is 23.9 Å². The first-order chi connectivity index (χ1) is 26.0. The third-order valence-corrected chi connectivity index (χ3v) is 9.29. The van der Waals surface area contributed by atoms with Crippen molar-refractivity contribution in [1.82, 2.24) is 0 Å². The number of quaternary nitrogens is 1. The van der Waals surface area contributed by atoms with Crippen LogP contribution in [0.1, 0.15) is 142 Å². The third-order valence-electron chi connectivity index (χ3n) is 8.32. The molecule has 0 radical (unpaired) electrons. The highest BCUT2D eigenvalue weighted by Crippen LogP contribution is 2.38. The van der Waals surface area contributed by atoms with Gasteiger partial charge < -0.3 is 27.9 Å². The lowest BCUT2D eigenvalue weighted by atomic mass is 10.1. The number of phosphoric acid groups is 1. The number of nitrogens with zero attached hydrogens (tertiary/aromatic N) is 1. The van der Waals surface area contributed by atoms with Crippen molar-refractivity contribution in [2.45, 2.75) is 148 Å². The molecule has 0 amide bonds. The molecule has 0 rings (SSSR count). The van der Waals surface area contributed by atoms with E-state index in [1.165, 1.54) is 25.7 Å². The van der Waals surface area contributed by atoms with Gasteiger partial charge in [-0.1, -0.05) is 151 Å². The van der Waals surface area contributed by atoms with Crippen molar-refractivity contribution < 1.29 is 42.1 Å². The summed E-state index contributed by atoms with van der Waals surface area (Å²) in [5.74, 6) is -0.890. The van der Waals surface area contributed by atoms with Gasteiger partial charge in [0.15, 0.2) is 6.10 Å². The van der Waals surface area contributed by atoms with E-state index in [4.69, 9.17) is 18.5 Å². The maximum absolute atomic E-state index is 12.6. The predicted octanol–water partition coefficient (Wildman–Crippen LogP) is 10.8. The molecule has 0 aromatic carbocycles. The number of ether oxygens (including phenoxy) is 2. The number of hydrogen-bond donors (Lipinski definition) is 0. The van der Waals surface area contributed by atoms with Gasteiger partial charge in [-0.3, -0.25) is 14.2 Å². The molecule has 10 heteroatoms. The number of phosphoric ester groups is 1. The minimum atomic E-state index is -4.64. The van der Waals surface area contributed by atoms with Crippen LogP contribution in [0.2, 0.25) is 0 Å². The molecule has 0 spiro atoms. The fraction of sp³-hybridized carbons (Fsp3) is 0.682. The molecule has 9 nitrogen and oxygen atoms in total. The Kier molecular flexibility index (Phi) is 34.4. The average Bonchev–Trinajstić information content (AvgIpc) is 3.12. The van der Waals surface area contributed by atoms with Gasteiger partial charge in [0.05, 0.1) is 27.7 Å². The van der Waals surface area contributed by atoms with E-state index in [0.717, 1.165) is 77.0 Å². The summed E-state index contributed by atoms with van der Waals surface area (Å²) in [6.45, 7) is 4.04.